The van der Waals surface area contributed by atoms with Gasteiger partial charge in [-0.1, -0.05) is 31.2 Å². The second kappa shape index (κ2) is 2.77. The molecule has 2 aliphatic rings. The van der Waals surface area contributed by atoms with Crippen LogP contribution in [-0.4, -0.2) is 23.4 Å². The molecule has 0 bridgehead atoms. The van der Waals surface area contributed by atoms with E-state index in [-0.39, 0.29) is 11.8 Å². The van der Waals surface area contributed by atoms with E-state index in [9.17, 15) is 4.79 Å². The van der Waals surface area contributed by atoms with Gasteiger partial charge in [0.05, 0.1) is 12.0 Å². The van der Waals surface area contributed by atoms with Gasteiger partial charge in [-0.3, -0.25) is 4.79 Å². The maximum absolute atomic E-state index is 11.6. The predicted molar refractivity (Wildman–Crippen MR) is 47.6 cm³/mol. The first kappa shape index (κ1) is 7.59. The SMILES string of the molecule is C[C@H]1C=C[C@H]2CC=CCN2C1=O. The molecule has 12 heavy (non-hydrogen) atoms. The first-order valence-electron chi connectivity index (χ1n) is 4.43. The van der Waals surface area contributed by atoms with Crippen molar-refractivity contribution in [2.75, 3.05) is 6.54 Å². The summed E-state index contributed by atoms with van der Waals surface area (Å²) < 4.78 is 0. The molecule has 1 amide bonds. The Labute approximate surface area is 72.6 Å². The Morgan fingerprint density at radius 3 is 3.08 bits per heavy atom. The number of hydrogen-bond donors (Lipinski definition) is 0. The first-order chi connectivity index (χ1) is 5.79. The zero-order valence-electron chi connectivity index (χ0n) is 7.23. The Hall–Kier alpha value is -1.05. The van der Waals surface area contributed by atoms with E-state index in [4.69, 9.17) is 0 Å². The number of fused-ring (bicyclic) bond motifs is 1. The lowest BCUT2D eigenvalue weighted by Crippen LogP contribution is -2.45. The zero-order valence-corrected chi connectivity index (χ0v) is 7.23. The summed E-state index contributed by atoms with van der Waals surface area (Å²) in [6.45, 7) is 2.74. The molecule has 0 N–H and O–H groups in total. The summed E-state index contributed by atoms with van der Waals surface area (Å²) in [5.74, 6) is 0.347. The van der Waals surface area contributed by atoms with Crippen molar-refractivity contribution in [3.63, 3.8) is 0 Å². The predicted octanol–water partition coefficient (Wildman–Crippen LogP) is 1.35. The van der Waals surface area contributed by atoms with Crippen LogP contribution in [0.15, 0.2) is 24.3 Å². The number of carbonyl (C=O) groups excluding carboxylic acids is 1. The lowest BCUT2D eigenvalue weighted by atomic mass is 9.97. The highest BCUT2D eigenvalue weighted by molar-refractivity contribution is 5.82. The van der Waals surface area contributed by atoms with Crippen molar-refractivity contribution in [1.29, 1.82) is 0 Å². The van der Waals surface area contributed by atoms with Gasteiger partial charge in [0.1, 0.15) is 0 Å². The van der Waals surface area contributed by atoms with Crippen LogP contribution >= 0.6 is 0 Å². The van der Waals surface area contributed by atoms with E-state index in [1.807, 2.05) is 17.9 Å². The molecule has 0 radical (unpaired) electrons. The van der Waals surface area contributed by atoms with Gasteiger partial charge in [0.15, 0.2) is 0 Å². The highest BCUT2D eigenvalue weighted by atomic mass is 16.2. The maximum atomic E-state index is 11.6. The molecule has 0 saturated carbocycles. The molecule has 0 aliphatic carbocycles. The van der Waals surface area contributed by atoms with E-state index >= 15 is 0 Å². The Balaban J connectivity index is 2.25. The van der Waals surface area contributed by atoms with Crippen molar-refractivity contribution >= 4 is 5.91 Å². The van der Waals surface area contributed by atoms with Crippen LogP contribution < -0.4 is 0 Å². The maximum Gasteiger partial charge on any atom is 0.229 e. The highest BCUT2D eigenvalue weighted by Crippen LogP contribution is 2.21. The third-order valence-corrected chi connectivity index (χ3v) is 2.54. The van der Waals surface area contributed by atoms with Crippen LogP contribution in [0.5, 0.6) is 0 Å². The minimum absolute atomic E-state index is 0.0766. The van der Waals surface area contributed by atoms with Crippen molar-refractivity contribution in [1.82, 2.24) is 4.90 Å². The average molecular weight is 163 g/mol. The number of rotatable bonds is 0. The molecule has 2 heteroatoms. The summed E-state index contributed by atoms with van der Waals surface area (Å²) >= 11 is 0. The molecule has 2 rings (SSSR count). The molecule has 0 unspecified atom stereocenters. The smallest absolute Gasteiger partial charge is 0.229 e. The Morgan fingerprint density at radius 1 is 1.42 bits per heavy atom. The number of nitrogens with zero attached hydrogens (tertiary/aromatic N) is 1. The Kier molecular flexibility index (Phi) is 1.75. The molecule has 0 saturated heterocycles. The van der Waals surface area contributed by atoms with Gasteiger partial charge in [-0.25, -0.2) is 0 Å². The standard InChI is InChI=1S/C10H13NO/c1-8-5-6-9-4-2-3-7-11(9)10(8)12/h2-3,5-6,8-9H,4,7H2,1H3/t8-,9+/m0/s1. The van der Waals surface area contributed by atoms with Crippen LogP contribution in [0.3, 0.4) is 0 Å². The fraction of sp³-hybridized carbons (Fsp3) is 0.500. The van der Waals surface area contributed by atoms with E-state index in [2.05, 4.69) is 18.2 Å². The molecular formula is C10H13NO. The topological polar surface area (TPSA) is 20.3 Å². The van der Waals surface area contributed by atoms with Gasteiger partial charge in [0.2, 0.25) is 5.91 Å². The molecule has 0 fully saturated rings. The first-order valence-corrected chi connectivity index (χ1v) is 4.43. The normalized spacial score (nSPS) is 33.8. The van der Waals surface area contributed by atoms with E-state index in [0.29, 0.717) is 6.04 Å². The lowest BCUT2D eigenvalue weighted by molar-refractivity contribution is -0.135. The van der Waals surface area contributed by atoms with Crippen LogP contribution in [-0.2, 0) is 4.79 Å². The summed E-state index contributed by atoms with van der Waals surface area (Å²) in [7, 11) is 0. The lowest BCUT2D eigenvalue weighted by Gasteiger charge is -2.35. The Bertz CT molecular complexity index is 255. The van der Waals surface area contributed by atoms with Crippen LogP contribution in [0, 0.1) is 5.92 Å². The monoisotopic (exact) mass is 163 g/mol. The quantitative estimate of drug-likeness (QED) is 0.494. The van der Waals surface area contributed by atoms with Gasteiger partial charge < -0.3 is 4.90 Å². The average Bonchev–Trinajstić information content (AvgIpc) is 2.12. The third-order valence-electron chi connectivity index (χ3n) is 2.54. The van der Waals surface area contributed by atoms with Crippen molar-refractivity contribution < 1.29 is 4.79 Å². The summed E-state index contributed by atoms with van der Waals surface area (Å²) in [5, 5.41) is 0. The van der Waals surface area contributed by atoms with Crippen molar-refractivity contribution in [2.45, 2.75) is 19.4 Å². The number of amides is 1. The van der Waals surface area contributed by atoms with E-state index in [1.165, 1.54) is 0 Å². The minimum atomic E-state index is 0.0766. The van der Waals surface area contributed by atoms with Crippen LogP contribution in [0.1, 0.15) is 13.3 Å². The fourth-order valence-electron chi connectivity index (χ4n) is 1.76. The molecule has 0 aromatic rings. The van der Waals surface area contributed by atoms with Gasteiger partial charge >= 0.3 is 0 Å². The van der Waals surface area contributed by atoms with Crippen molar-refractivity contribution in [3.8, 4) is 0 Å². The van der Waals surface area contributed by atoms with Gasteiger partial charge in [-0.2, -0.15) is 0 Å². The van der Waals surface area contributed by atoms with Gasteiger partial charge in [0.25, 0.3) is 0 Å². The van der Waals surface area contributed by atoms with Crippen LogP contribution in [0.4, 0.5) is 0 Å². The fourth-order valence-corrected chi connectivity index (χ4v) is 1.76. The molecule has 0 aromatic heterocycles. The van der Waals surface area contributed by atoms with Gasteiger partial charge in [-0.05, 0) is 6.42 Å². The van der Waals surface area contributed by atoms with E-state index < -0.39 is 0 Å². The van der Waals surface area contributed by atoms with Crippen molar-refractivity contribution in [2.24, 2.45) is 5.92 Å². The largest absolute Gasteiger partial charge is 0.332 e. The molecule has 2 nitrogen and oxygen atoms in total. The van der Waals surface area contributed by atoms with Crippen LogP contribution in [0.25, 0.3) is 0 Å². The number of carbonyl (C=O) groups is 1. The third kappa shape index (κ3) is 1.07. The van der Waals surface area contributed by atoms with Crippen LogP contribution in [0.2, 0.25) is 0 Å². The molecule has 2 aliphatic heterocycles. The second-order valence-electron chi connectivity index (χ2n) is 3.44. The minimum Gasteiger partial charge on any atom is -0.332 e. The summed E-state index contributed by atoms with van der Waals surface area (Å²) in [6.07, 6.45) is 9.36. The second-order valence-corrected chi connectivity index (χ2v) is 3.44. The molecule has 0 aromatic carbocycles. The number of hydrogen-bond acceptors (Lipinski definition) is 1. The summed E-state index contributed by atoms with van der Waals surface area (Å²) in [5.41, 5.74) is 0. The van der Waals surface area contributed by atoms with E-state index in [1.54, 1.807) is 0 Å². The molecule has 0 spiro atoms. The zero-order chi connectivity index (χ0) is 8.55. The molecular weight excluding hydrogens is 150 g/mol. The molecule has 2 atom stereocenters. The Morgan fingerprint density at radius 2 is 2.25 bits per heavy atom. The van der Waals surface area contributed by atoms with Crippen molar-refractivity contribution in [3.05, 3.63) is 24.3 Å². The molecule has 2 heterocycles. The van der Waals surface area contributed by atoms with Gasteiger partial charge in [0, 0.05) is 6.54 Å². The highest BCUT2D eigenvalue weighted by Gasteiger charge is 2.28. The summed E-state index contributed by atoms with van der Waals surface area (Å²) in [6, 6.07) is 0.332. The van der Waals surface area contributed by atoms with Gasteiger partial charge in [-0.15, -0.1) is 0 Å². The molecule has 64 valence electrons. The van der Waals surface area contributed by atoms with E-state index in [0.717, 1.165) is 13.0 Å². The summed E-state index contributed by atoms with van der Waals surface area (Å²) in [4.78, 5) is 13.5.